The van der Waals surface area contributed by atoms with Gasteiger partial charge in [-0.1, -0.05) is 38.3 Å². The van der Waals surface area contributed by atoms with Crippen LogP contribution in [0.3, 0.4) is 0 Å². The summed E-state index contributed by atoms with van der Waals surface area (Å²) in [5.41, 5.74) is 3.02. The molecule has 1 N–H and O–H groups in total. The molecule has 1 amide bonds. The van der Waals surface area contributed by atoms with E-state index in [0.29, 0.717) is 12.2 Å². The maximum atomic E-state index is 12.7. The zero-order valence-electron chi connectivity index (χ0n) is 19.3. The summed E-state index contributed by atoms with van der Waals surface area (Å²) >= 11 is 0. The summed E-state index contributed by atoms with van der Waals surface area (Å²) in [7, 11) is 0. The van der Waals surface area contributed by atoms with Crippen LogP contribution in [0.5, 0.6) is 5.75 Å². The maximum Gasteiger partial charge on any atom is 0.255 e. The molecule has 0 unspecified atom stereocenters. The number of carbonyl (C=O) groups is 1. The van der Waals surface area contributed by atoms with Crippen molar-refractivity contribution in [3.63, 3.8) is 0 Å². The third kappa shape index (κ3) is 6.31. The topological polar surface area (TPSA) is 67.3 Å². The minimum atomic E-state index is -0.158. The zero-order chi connectivity index (χ0) is 22.9. The first-order valence-corrected chi connectivity index (χ1v) is 12.0. The molecule has 6 nitrogen and oxygen atoms in total. The standard InChI is InChI=1S/C27H32N4O2/c1-2-3-19-33-24-13-11-21(12-14-24)27(32)28-23-10-8-9-22(20-23)25-15-16-26(30-29-25)31-17-6-4-5-7-18-31/h8-16,20H,2-7,17-19H2,1H3,(H,28,32). The van der Waals surface area contributed by atoms with Crippen LogP contribution in [0, 0.1) is 0 Å². The first-order valence-electron chi connectivity index (χ1n) is 12.0. The smallest absolute Gasteiger partial charge is 0.255 e. The van der Waals surface area contributed by atoms with Crippen LogP contribution >= 0.6 is 0 Å². The van der Waals surface area contributed by atoms with Crippen molar-refractivity contribution in [1.29, 1.82) is 0 Å². The molecule has 0 saturated carbocycles. The van der Waals surface area contributed by atoms with Gasteiger partial charge in [0.05, 0.1) is 12.3 Å². The van der Waals surface area contributed by atoms with Crippen molar-refractivity contribution >= 4 is 17.4 Å². The normalized spacial score (nSPS) is 13.9. The Labute approximate surface area is 196 Å². The van der Waals surface area contributed by atoms with E-state index in [4.69, 9.17) is 4.74 Å². The molecule has 6 heteroatoms. The zero-order valence-corrected chi connectivity index (χ0v) is 19.3. The van der Waals surface area contributed by atoms with E-state index in [1.807, 2.05) is 48.5 Å². The number of nitrogens with zero attached hydrogens (tertiary/aromatic N) is 3. The van der Waals surface area contributed by atoms with Gasteiger partial charge in [0.25, 0.3) is 5.91 Å². The number of hydrogen-bond acceptors (Lipinski definition) is 5. The average molecular weight is 445 g/mol. The van der Waals surface area contributed by atoms with E-state index in [-0.39, 0.29) is 5.91 Å². The second kappa shape index (κ2) is 11.5. The molecule has 1 aliphatic rings. The van der Waals surface area contributed by atoms with Crippen molar-refractivity contribution in [1.82, 2.24) is 10.2 Å². The first-order chi connectivity index (χ1) is 16.2. The fourth-order valence-corrected chi connectivity index (χ4v) is 3.94. The summed E-state index contributed by atoms with van der Waals surface area (Å²) in [4.78, 5) is 15.0. The van der Waals surface area contributed by atoms with Crippen LogP contribution in [-0.2, 0) is 0 Å². The predicted molar refractivity (Wildman–Crippen MR) is 133 cm³/mol. The number of rotatable bonds is 8. The van der Waals surface area contributed by atoms with Gasteiger partial charge in [-0.15, -0.1) is 10.2 Å². The van der Waals surface area contributed by atoms with E-state index >= 15 is 0 Å². The van der Waals surface area contributed by atoms with Gasteiger partial charge in [0.15, 0.2) is 5.82 Å². The Morgan fingerprint density at radius 1 is 0.970 bits per heavy atom. The van der Waals surface area contributed by atoms with Crippen LogP contribution in [0.1, 0.15) is 55.8 Å². The van der Waals surface area contributed by atoms with E-state index in [0.717, 1.165) is 54.4 Å². The van der Waals surface area contributed by atoms with Crippen LogP contribution in [0.4, 0.5) is 11.5 Å². The third-order valence-corrected chi connectivity index (χ3v) is 5.88. The summed E-state index contributed by atoms with van der Waals surface area (Å²) < 4.78 is 5.67. The number of anilines is 2. The van der Waals surface area contributed by atoms with Crippen LogP contribution in [0.15, 0.2) is 60.7 Å². The van der Waals surface area contributed by atoms with Gasteiger partial charge in [-0.25, -0.2) is 0 Å². The lowest BCUT2D eigenvalue weighted by Crippen LogP contribution is -2.25. The molecule has 4 rings (SSSR count). The number of unbranched alkanes of at least 4 members (excludes halogenated alkanes) is 1. The van der Waals surface area contributed by atoms with Gasteiger partial charge in [-0.3, -0.25) is 4.79 Å². The van der Waals surface area contributed by atoms with Crippen molar-refractivity contribution in [3.05, 3.63) is 66.2 Å². The molecule has 1 fully saturated rings. The highest BCUT2D eigenvalue weighted by atomic mass is 16.5. The van der Waals surface area contributed by atoms with Crippen molar-refractivity contribution in [2.45, 2.75) is 45.4 Å². The van der Waals surface area contributed by atoms with Crippen LogP contribution in [0.25, 0.3) is 11.3 Å². The second-order valence-corrected chi connectivity index (χ2v) is 8.44. The quantitative estimate of drug-likeness (QED) is 0.435. The molecule has 1 aliphatic heterocycles. The van der Waals surface area contributed by atoms with E-state index in [9.17, 15) is 4.79 Å². The van der Waals surface area contributed by atoms with E-state index in [1.54, 1.807) is 12.1 Å². The Morgan fingerprint density at radius 3 is 2.45 bits per heavy atom. The molecule has 33 heavy (non-hydrogen) atoms. The van der Waals surface area contributed by atoms with Gasteiger partial charge in [0.1, 0.15) is 5.75 Å². The Balaban J connectivity index is 1.39. The lowest BCUT2D eigenvalue weighted by molar-refractivity contribution is 0.102. The second-order valence-electron chi connectivity index (χ2n) is 8.44. The molecule has 2 heterocycles. The van der Waals surface area contributed by atoms with Crippen LogP contribution in [-0.4, -0.2) is 35.8 Å². The van der Waals surface area contributed by atoms with Crippen molar-refractivity contribution in [3.8, 4) is 17.0 Å². The minimum absolute atomic E-state index is 0.158. The van der Waals surface area contributed by atoms with Crippen molar-refractivity contribution in [2.75, 3.05) is 29.9 Å². The highest BCUT2D eigenvalue weighted by Crippen LogP contribution is 2.23. The molecule has 0 spiro atoms. The first kappa shape index (κ1) is 22.8. The summed E-state index contributed by atoms with van der Waals surface area (Å²) in [6.07, 6.45) is 7.10. The highest BCUT2D eigenvalue weighted by molar-refractivity contribution is 6.04. The van der Waals surface area contributed by atoms with Crippen LogP contribution in [0.2, 0.25) is 0 Å². The lowest BCUT2D eigenvalue weighted by atomic mass is 10.1. The number of carbonyl (C=O) groups excluding carboxylic acids is 1. The van der Waals surface area contributed by atoms with Crippen LogP contribution < -0.4 is 15.0 Å². The summed E-state index contributed by atoms with van der Waals surface area (Å²) in [5.74, 6) is 1.56. The van der Waals surface area contributed by atoms with Gasteiger partial charge in [0, 0.05) is 29.9 Å². The molecular weight excluding hydrogens is 412 g/mol. The number of ether oxygens (including phenoxy) is 1. The number of nitrogens with one attached hydrogen (secondary N) is 1. The third-order valence-electron chi connectivity index (χ3n) is 5.88. The van der Waals surface area contributed by atoms with E-state index < -0.39 is 0 Å². The monoisotopic (exact) mass is 444 g/mol. The molecular formula is C27H32N4O2. The Morgan fingerprint density at radius 2 is 1.76 bits per heavy atom. The summed E-state index contributed by atoms with van der Waals surface area (Å²) in [6, 6.07) is 19.0. The Bertz CT molecular complexity index is 1030. The SMILES string of the molecule is CCCCOc1ccc(C(=O)Nc2cccc(-c3ccc(N4CCCCCC4)nn3)c2)cc1. The average Bonchev–Trinajstić information content (AvgIpc) is 3.15. The predicted octanol–water partition coefficient (Wildman–Crippen LogP) is 5.96. The summed E-state index contributed by atoms with van der Waals surface area (Å²) in [6.45, 7) is 4.91. The van der Waals surface area contributed by atoms with Gasteiger partial charge in [0.2, 0.25) is 0 Å². The minimum Gasteiger partial charge on any atom is -0.494 e. The molecule has 0 aliphatic carbocycles. The Hall–Kier alpha value is -3.41. The van der Waals surface area contributed by atoms with Gasteiger partial charge in [-0.05, 0) is 67.8 Å². The van der Waals surface area contributed by atoms with Gasteiger partial charge >= 0.3 is 0 Å². The Kier molecular flexibility index (Phi) is 7.90. The van der Waals surface area contributed by atoms with Crippen molar-refractivity contribution < 1.29 is 9.53 Å². The number of benzene rings is 2. The number of aromatic nitrogens is 2. The molecule has 0 bridgehead atoms. The fraction of sp³-hybridized carbons (Fsp3) is 0.370. The highest BCUT2D eigenvalue weighted by Gasteiger charge is 2.12. The van der Waals surface area contributed by atoms with Gasteiger partial charge < -0.3 is 15.0 Å². The number of hydrogen-bond donors (Lipinski definition) is 1. The largest absolute Gasteiger partial charge is 0.494 e. The molecule has 2 aromatic carbocycles. The molecule has 1 aromatic heterocycles. The lowest BCUT2D eigenvalue weighted by Gasteiger charge is -2.20. The van der Waals surface area contributed by atoms with E-state index in [1.165, 1.54) is 25.7 Å². The van der Waals surface area contributed by atoms with Crippen molar-refractivity contribution in [2.24, 2.45) is 0 Å². The fourth-order valence-electron chi connectivity index (χ4n) is 3.94. The molecule has 0 atom stereocenters. The maximum absolute atomic E-state index is 12.7. The number of amides is 1. The molecule has 3 aromatic rings. The summed E-state index contributed by atoms with van der Waals surface area (Å²) in [5, 5.41) is 11.9. The molecule has 172 valence electrons. The van der Waals surface area contributed by atoms with E-state index in [2.05, 4.69) is 27.3 Å². The molecule has 0 radical (unpaired) electrons. The van der Waals surface area contributed by atoms with Gasteiger partial charge in [-0.2, -0.15) is 0 Å². The molecule has 1 saturated heterocycles.